The van der Waals surface area contributed by atoms with Crippen molar-refractivity contribution in [1.29, 1.82) is 10.5 Å². The van der Waals surface area contributed by atoms with Crippen molar-refractivity contribution >= 4 is 120 Å². The van der Waals surface area contributed by atoms with E-state index in [0.29, 0.717) is 85.4 Å². The van der Waals surface area contributed by atoms with Crippen LogP contribution in [0.2, 0.25) is 33.9 Å². The Morgan fingerprint density at radius 2 is 0.822 bits per heavy atom. The Hall–Kier alpha value is -9.75. The van der Waals surface area contributed by atoms with E-state index in [1.807, 2.05) is 45.9 Å². The van der Waals surface area contributed by atoms with Crippen LogP contribution in [0.1, 0.15) is 198 Å². The summed E-state index contributed by atoms with van der Waals surface area (Å²) in [4.78, 5) is 45.9. The maximum atomic E-state index is 9.53. The molecule has 5 fully saturated rings. The van der Waals surface area contributed by atoms with E-state index in [1.165, 1.54) is 104 Å². The average Bonchev–Trinajstić information content (AvgIpc) is 1.66. The summed E-state index contributed by atoms with van der Waals surface area (Å²) in [6.45, 7) is 31.7. The Labute approximate surface area is 729 Å². The summed E-state index contributed by atoms with van der Waals surface area (Å²) >= 11 is 21.5. The van der Waals surface area contributed by atoms with Crippen molar-refractivity contribution in [3.05, 3.63) is 244 Å². The molecule has 8 N–H and O–H groups in total. The summed E-state index contributed by atoms with van der Waals surface area (Å²) in [5.74, 6) is 7.77. The van der Waals surface area contributed by atoms with E-state index in [-0.39, 0.29) is 20.8 Å². The van der Waals surface area contributed by atoms with Crippen LogP contribution >= 0.6 is 60.4 Å². The first-order valence-corrected chi connectivity index (χ1v) is 47.8. The SMILES string of the molecule is Cc1cc(Br)cc(C)c1O[Si](C)(C)C(C)(C)C.Cc1cc(C2CC2)cc(C)c1O.Cc1cc(C2CC2)cc(C)c1O.Cc1cc(C2CC2)cc(C)c1Oc1nc(Cl)nc2nc[nH]c12.Cc1cc(C2CC2)cc(C)c1Oc1nc(Nc2ccc(C#N)cc2)nc2nc[nH]c12.Clc1nc(Cl)c2[nH]cnc2n1.N#Cc1ccc(N)cc1.[CH-]1CC1.[Cl][Zn+]. The van der Waals surface area contributed by atoms with Gasteiger partial charge in [0, 0.05) is 15.8 Å². The predicted molar refractivity (Wildman–Crippen MR) is 476 cm³/mol. The Bertz CT molecular complexity index is 5570. The van der Waals surface area contributed by atoms with Gasteiger partial charge in [-0.3, -0.25) is 0 Å². The Kier molecular flexibility index (Phi) is 31.3. The second-order valence-electron chi connectivity index (χ2n) is 31.7. The van der Waals surface area contributed by atoms with Gasteiger partial charge in [-0.05, 0) is 324 Å². The number of rotatable bonds is 12. The molecule has 0 unspecified atom stereocenters. The molecule has 0 atom stereocenters. The molecule has 0 radical (unpaired) electrons. The molecule has 6 heterocycles. The molecule has 5 aliphatic carbocycles. The third kappa shape index (κ3) is 25.4. The fourth-order valence-electron chi connectivity index (χ4n) is 12.4. The molecule has 0 aliphatic heterocycles. The number of benzene rings is 7. The van der Waals surface area contributed by atoms with Gasteiger partial charge in [-0.15, -0.1) is 0 Å². The Balaban J connectivity index is 0.000000149. The molecule has 118 heavy (non-hydrogen) atoms. The van der Waals surface area contributed by atoms with E-state index in [4.69, 9.17) is 74.7 Å². The number of phenolic OH excluding ortho intramolecular Hbond substituents is 2. The zero-order valence-corrected chi connectivity index (χ0v) is 77.9. The summed E-state index contributed by atoms with van der Waals surface area (Å²) < 4.78 is 19.8. The quantitative estimate of drug-likeness (QED) is 0.0196. The average molecular weight is 1800 g/mol. The molecule has 21 nitrogen and oxygen atoms in total. The number of nitrogens with zero attached hydrogens (tertiary/aromatic N) is 11. The number of hydrogen-bond acceptors (Lipinski definition) is 18. The summed E-state index contributed by atoms with van der Waals surface area (Å²) in [6, 6.07) is 39.5. The predicted octanol–water partition coefficient (Wildman–Crippen LogP) is 25.2. The van der Waals surface area contributed by atoms with E-state index in [0.717, 1.165) is 107 Å². The number of phenols is 2. The number of aryl methyl sites for hydroxylation is 10. The van der Waals surface area contributed by atoms with Crippen molar-refractivity contribution in [3.63, 3.8) is 0 Å². The van der Waals surface area contributed by atoms with Crippen LogP contribution in [0.3, 0.4) is 0 Å². The molecule has 0 bridgehead atoms. The summed E-state index contributed by atoms with van der Waals surface area (Å²) in [5.41, 5.74) is 27.9. The summed E-state index contributed by atoms with van der Waals surface area (Å²) in [7, 11) is 3.02. The van der Waals surface area contributed by atoms with Crippen molar-refractivity contribution in [2.45, 2.75) is 196 Å². The monoisotopic (exact) mass is 1790 g/mol. The number of nitriles is 2. The van der Waals surface area contributed by atoms with Crippen molar-refractivity contribution < 1.29 is 41.4 Å². The normalized spacial score (nSPS) is 13.6. The number of fused-ring (bicyclic) bond motifs is 3. The minimum atomic E-state index is -1.74. The number of halogens is 5. The van der Waals surface area contributed by atoms with Crippen LogP contribution in [0.5, 0.6) is 40.5 Å². The zero-order chi connectivity index (χ0) is 85.4. The number of nitrogens with two attached hydrogens (primary N) is 1. The number of aromatic hydroxyl groups is 2. The number of nitrogen functional groups attached to an aromatic ring is 1. The molecule has 5 saturated carbocycles. The van der Waals surface area contributed by atoms with Crippen LogP contribution in [0.25, 0.3) is 33.5 Å². The first-order chi connectivity index (χ1) is 56.2. The molecule has 0 spiro atoms. The number of H-pyrrole nitrogens is 3. The fourth-order valence-corrected chi connectivity index (χ4v) is 14.8. The molecule has 0 amide bonds. The zero-order valence-electron chi connectivity index (χ0n) is 69.3. The Morgan fingerprint density at radius 1 is 0.492 bits per heavy atom. The number of aromatic nitrogens is 12. The third-order valence-electron chi connectivity index (χ3n) is 20.5. The van der Waals surface area contributed by atoms with E-state index in [9.17, 15) is 10.2 Å². The van der Waals surface area contributed by atoms with Gasteiger partial charge in [0.2, 0.25) is 22.4 Å². The molecule has 28 heteroatoms. The van der Waals surface area contributed by atoms with Gasteiger partial charge in [-0.2, -0.15) is 35.4 Å². The minimum absolute atomic E-state index is 0.106. The number of anilines is 3. The van der Waals surface area contributed by atoms with Gasteiger partial charge in [0.05, 0.1) is 42.2 Å². The number of imidazole rings is 3. The molecule has 7 aromatic carbocycles. The van der Waals surface area contributed by atoms with Gasteiger partial charge in [-0.25, -0.2) is 32.8 Å². The third-order valence-corrected chi connectivity index (χ3v) is 25.9. The van der Waals surface area contributed by atoms with Crippen LogP contribution in [0, 0.1) is 98.3 Å². The number of aromatic amines is 3. The molecular weight excluding hydrogens is 1700 g/mol. The van der Waals surface area contributed by atoms with Crippen molar-refractivity contribution in [3.8, 4) is 52.6 Å². The van der Waals surface area contributed by atoms with Gasteiger partial charge in [0.15, 0.2) is 22.1 Å². The maximum absolute atomic E-state index is 9.53. The number of ether oxygens (including phenoxy) is 2. The molecule has 0 saturated heterocycles. The summed E-state index contributed by atoms with van der Waals surface area (Å²) in [6.07, 6.45) is 20.0. The first kappa shape index (κ1) is 90.6. The molecule has 6 aromatic heterocycles. The van der Waals surface area contributed by atoms with Gasteiger partial charge in [0.25, 0.3) is 14.2 Å². The number of hydrogen-bond donors (Lipinski definition) is 7. The number of nitrogens with one attached hydrogen (secondary N) is 4. The second kappa shape index (κ2) is 40.8. The van der Waals surface area contributed by atoms with E-state index in [1.54, 1.807) is 49.1 Å². The first-order valence-electron chi connectivity index (χ1n) is 39.1. The van der Waals surface area contributed by atoms with Gasteiger partial charge < -0.3 is 56.5 Å². The van der Waals surface area contributed by atoms with E-state index in [2.05, 4.69) is 230 Å². The van der Waals surface area contributed by atoms with E-state index < -0.39 is 8.32 Å². The van der Waals surface area contributed by atoms with Crippen molar-refractivity contribution in [2.75, 3.05) is 11.1 Å². The second-order valence-corrected chi connectivity index (χ2v) is 38.3. The molecule has 18 rings (SSSR count). The van der Waals surface area contributed by atoms with Crippen LogP contribution in [-0.4, -0.2) is 78.3 Å². The Morgan fingerprint density at radius 3 is 1.19 bits per heavy atom. The van der Waals surface area contributed by atoms with Gasteiger partial charge in [-0.1, -0.05) is 96.8 Å². The van der Waals surface area contributed by atoms with Gasteiger partial charge in [0.1, 0.15) is 45.3 Å². The van der Waals surface area contributed by atoms with Gasteiger partial charge >= 0.3 is 27.0 Å². The topological polar surface area (TPSA) is 317 Å². The van der Waals surface area contributed by atoms with Crippen LogP contribution < -0.4 is 25.0 Å². The van der Waals surface area contributed by atoms with Crippen LogP contribution in [-0.2, 0) is 17.3 Å². The molecular formula is C90H99BrCl4N16O5SiZn. The summed E-state index contributed by atoms with van der Waals surface area (Å²) in [5, 5.41) is 40.3. The van der Waals surface area contributed by atoms with Crippen LogP contribution in [0.15, 0.2) is 133 Å². The van der Waals surface area contributed by atoms with E-state index >= 15 is 0 Å². The van der Waals surface area contributed by atoms with Crippen LogP contribution in [0.4, 0.5) is 17.3 Å². The standard InChI is InChI=1S/C23H20N6O.C16H15ClN4O.C14H23BrOSi.2C11H14O.C7H6N2.C5H2Cl2N4.C3H5.ClH.Zn/c1-13-9-17(16-5-6-16)10-14(2)20(13)30-22-19-21(26-12-25-19)28-23(29-22)27-18-7-3-15(11-24)4-8-18;1-8-5-11(10-3-4-10)6-9(2)13(8)22-15-12-14(19-7-18-12)20-16(17)21-15;1-10-8-12(15)9-11(2)13(10)16-17(6,7)14(3,4)5;2*1-7-5-10(9-3-4-9)6-8(2)11(7)12;8-5-6-1-3-7(9)4-2-6;6-3-2-4(9-1-8-2)11-5(7)10-3;1-2-3-1;;/h3-4,7-10,12,16H,5-6H2,1-2H3,(H2,25,26,27,28,29);5-7,10H,3-4H2,1-2H3,(H,18,19,20,21);8-9H,1-7H3;2*5-6,9,12H,3-4H2,1-2H3;1-4H,9H2;1H,(H,8,9,10,11);1H,2-3H2;1H;/q;;;;;;;-1;;+2/p-1. The fraction of sp³-hybridized carbons (Fsp3) is 0.333. The molecule has 5 aliphatic rings. The molecule has 610 valence electrons. The van der Waals surface area contributed by atoms with Crippen molar-refractivity contribution in [1.82, 2.24) is 59.8 Å². The molecule has 13 aromatic rings. The van der Waals surface area contributed by atoms with Crippen molar-refractivity contribution in [2.24, 2.45) is 0 Å².